The van der Waals surface area contributed by atoms with Crippen LogP contribution in [0.25, 0.3) is 0 Å². The highest BCUT2D eigenvalue weighted by molar-refractivity contribution is 5.96. The van der Waals surface area contributed by atoms with Crippen LogP contribution in [0.4, 0.5) is 0 Å². The number of furan rings is 1. The predicted octanol–water partition coefficient (Wildman–Crippen LogP) is 3.09. The zero-order valence-corrected chi connectivity index (χ0v) is 16.0. The summed E-state index contributed by atoms with van der Waals surface area (Å²) in [5.74, 6) is 0.591. The molecule has 1 aliphatic heterocycles. The second kappa shape index (κ2) is 8.61. The van der Waals surface area contributed by atoms with E-state index < -0.39 is 0 Å². The molecule has 1 aromatic heterocycles. The monoisotopic (exact) mass is 382 g/mol. The van der Waals surface area contributed by atoms with Gasteiger partial charge in [-0.3, -0.25) is 9.59 Å². The van der Waals surface area contributed by atoms with E-state index in [0.29, 0.717) is 18.7 Å². The average molecular weight is 382 g/mol. The van der Waals surface area contributed by atoms with Gasteiger partial charge in [-0.1, -0.05) is 18.2 Å². The highest BCUT2D eigenvalue weighted by atomic mass is 16.5. The Morgan fingerprint density at radius 1 is 1.04 bits per heavy atom. The topological polar surface area (TPSA) is 63.0 Å². The molecule has 1 atom stereocenters. The molecule has 1 aromatic carbocycles. The van der Waals surface area contributed by atoms with Crippen LogP contribution >= 0.6 is 0 Å². The second-order valence-electron chi connectivity index (χ2n) is 7.52. The summed E-state index contributed by atoms with van der Waals surface area (Å²) in [6.07, 6.45) is 5.55. The van der Waals surface area contributed by atoms with Gasteiger partial charge < -0.3 is 19.0 Å². The largest absolute Gasteiger partial charge is 0.467 e. The zero-order chi connectivity index (χ0) is 19.3. The maximum absolute atomic E-state index is 13.2. The smallest absolute Gasteiger partial charge is 0.254 e. The lowest BCUT2D eigenvalue weighted by atomic mass is 10.2. The number of nitrogens with zero attached hydrogens (tertiary/aromatic N) is 2. The summed E-state index contributed by atoms with van der Waals surface area (Å²) in [5.41, 5.74) is 0.624. The van der Waals surface area contributed by atoms with Crippen LogP contribution < -0.4 is 0 Å². The summed E-state index contributed by atoms with van der Waals surface area (Å²) in [6.45, 7) is 1.75. The molecule has 2 aliphatic rings. The first-order chi connectivity index (χ1) is 13.7. The molecular weight excluding hydrogens is 356 g/mol. The van der Waals surface area contributed by atoms with Crippen molar-refractivity contribution in [3.8, 4) is 0 Å². The average Bonchev–Trinajstić information content (AvgIpc) is 3.18. The second-order valence-corrected chi connectivity index (χ2v) is 7.52. The standard InChI is InChI=1S/C22H26N2O4/c25-21(16-24(18-10-11-18)22(26)17-6-2-1-3-7-17)23(14-19-8-4-12-27-19)15-20-9-5-13-28-20/h1-4,6-8,12,18,20H,5,9-11,13-16H2/t20-/m0/s1. The van der Waals surface area contributed by atoms with Crippen LogP contribution in [0.15, 0.2) is 53.1 Å². The molecule has 2 heterocycles. The van der Waals surface area contributed by atoms with Gasteiger partial charge in [0, 0.05) is 24.8 Å². The molecule has 0 radical (unpaired) electrons. The van der Waals surface area contributed by atoms with Crippen LogP contribution in [0.5, 0.6) is 0 Å². The van der Waals surface area contributed by atoms with Crippen molar-refractivity contribution in [1.29, 1.82) is 0 Å². The zero-order valence-electron chi connectivity index (χ0n) is 16.0. The number of rotatable bonds is 8. The Kier molecular flexibility index (Phi) is 5.76. The van der Waals surface area contributed by atoms with E-state index in [1.165, 1.54) is 0 Å². The van der Waals surface area contributed by atoms with Crippen LogP contribution in [0.2, 0.25) is 0 Å². The van der Waals surface area contributed by atoms with E-state index in [9.17, 15) is 9.59 Å². The maximum atomic E-state index is 13.2. The van der Waals surface area contributed by atoms with Gasteiger partial charge in [0.2, 0.25) is 5.91 Å². The van der Waals surface area contributed by atoms with Crippen molar-refractivity contribution < 1.29 is 18.7 Å². The Labute approximate surface area is 165 Å². The first kappa shape index (κ1) is 18.7. The molecule has 1 aliphatic carbocycles. The molecule has 6 nitrogen and oxygen atoms in total. The number of ether oxygens (including phenoxy) is 1. The van der Waals surface area contributed by atoms with E-state index in [1.807, 2.05) is 30.3 Å². The summed E-state index contributed by atoms with van der Waals surface area (Å²) in [5, 5.41) is 0. The minimum atomic E-state index is -0.0773. The molecule has 6 heteroatoms. The minimum absolute atomic E-state index is 0.0538. The summed E-state index contributed by atoms with van der Waals surface area (Å²) in [7, 11) is 0. The van der Waals surface area contributed by atoms with Crippen molar-refractivity contribution in [3.63, 3.8) is 0 Å². The van der Waals surface area contributed by atoms with Crippen LogP contribution in [0.1, 0.15) is 41.8 Å². The van der Waals surface area contributed by atoms with E-state index in [1.54, 1.807) is 28.2 Å². The van der Waals surface area contributed by atoms with Crippen molar-refractivity contribution >= 4 is 11.8 Å². The molecule has 2 fully saturated rings. The highest BCUT2D eigenvalue weighted by Crippen LogP contribution is 2.28. The number of carbonyl (C=O) groups excluding carboxylic acids is 2. The van der Waals surface area contributed by atoms with Gasteiger partial charge in [-0.15, -0.1) is 0 Å². The van der Waals surface area contributed by atoms with Gasteiger partial charge in [0.25, 0.3) is 5.91 Å². The maximum Gasteiger partial charge on any atom is 0.254 e. The summed E-state index contributed by atoms with van der Waals surface area (Å²) in [4.78, 5) is 29.6. The lowest BCUT2D eigenvalue weighted by molar-refractivity contribution is -0.134. The van der Waals surface area contributed by atoms with Crippen LogP contribution in [0.3, 0.4) is 0 Å². The molecule has 0 bridgehead atoms. The molecular formula is C22H26N2O4. The van der Waals surface area contributed by atoms with Crippen molar-refractivity contribution in [1.82, 2.24) is 9.80 Å². The first-order valence-electron chi connectivity index (χ1n) is 9.98. The van der Waals surface area contributed by atoms with Gasteiger partial charge in [0.1, 0.15) is 12.3 Å². The number of amides is 2. The fourth-order valence-corrected chi connectivity index (χ4v) is 3.62. The minimum Gasteiger partial charge on any atom is -0.467 e. The van der Waals surface area contributed by atoms with E-state index in [4.69, 9.17) is 9.15 Å². The Morgan fingerprint density at radius 3 is 2.50 bits per heavy atom. The van der Waals surface area contributed by atoms with E-state index in [2.05, 4.69) is 0 Å². The SMILES string of the molecule is O=C(CN(C(=O)c1ccccc1)C1CC1)N(Cc1ccco1)C[C@@H]1CCCO1. The van der Waals surface area contributed by atoms with Crippen molar-refractivity contribution in [2.24, 2.45) is 0 Å². The number of carbonyl (C=O) groups is 2. The quantitative estimate of drug-likeness (QED) is 0.704. The van der Waals surface area contributed by atoms with E-state index >= 15 is 0 Å². The Bertz CT molecular complexity index is 780. The number of hydrogen-bond acceptors (Lipinski definition) is 4. The molecule has 0 unspecified atom stereocenters. The normalized spacial score (nSPS) is 18.8. The van der Waals surface area contributed by atoms with Crippen molar-refractivity contribution in [2.45, 2.75) is 44.4 Å². The van der Waals surface area contributed by atoms with Crippen LogP contribution in [-0.2, 0) is 16.1 Å². The molecule has 2 aromatic rings. The Balaban J connectivity index is 1.47. The molecule has 1 saturated carbocycles. The van der Waals surface area contributed by atoms with Gasteiger partial charge in [-0.25, -0.2) is 0 Å². The lowest BCUT2D eigenvalue weighted by Gasteiger charge is -2.29. The van der Waals surface area contributed by atoms with Gasteiger partial charge in [-0.2, -0.15) is 0 Å². The van der Waals surface area contributed by atoms with Gasteiger partial charge in [0.05, 0.1) is 18.9 Å². The molecule has 4 rings (SSSR count). The van der Waals surface area contributed by atoms with Crippen molar-refractivity contribution in [3.05, 3.63) is 60.1 Å². The Hall–Kier alpha value is -2.60. The number of benzene rings is 1. The fourth-order valence-electron chi connectivity index (χ4n) is 3.62. The summed E-state index contributed by atoms with van der Waals surface area (Å²) < 4.78 is 11.2. The fraction of sp³-hybridized carbons (Fsp3) is 0.455. The Morgan fingerprint density at radius 2 is 1.86 bits per heavy atom. The van der Waals surface area contributed by atoms with Gasteiger partial charge in [0.15, 0.2) is 0 Å². The third-order valence-corrected chi connectivity index (χ3v) is 5.30. The molecule has 0 spiro atoms. The summed E-state index contributed by atoms with van der Waals surface area (Å²) in [6, 6.07) is 13.0. The lowest BCUT2D eigenvalue weighted by Crippen LogP contribution is -2.45. The molecule has 28 heavy (non-hydrogen) atoms. The van der Waals surface area contributed by atoms with Crippen molar-refractivity contribution in [2.75, 3.05) is 19.7 Å². The third-order valence-electron chi connectivity index (χ3n) is 5.30. The molecule has 0 N–H and O–H groups in total. The predicted molar refractivity (Wildman–Crippen MR) is 104 cm³/mol. The van der Waals surface area contributed by atoms with E-state index in [0.717, 1.165) is 38.1 Å². The molecule has 1 saturated heterocycles. The van der Waals surface area contributed by atoms with Crippen LogP contribution in [0, 0.1) is 0 Å². The number of hydrogen-bond donors (Lipinski definition) is 0. The summed E-state index contributed by atoms with van der Waals surface area (Å²) >= 11 is 0. The van der Waals surface area contributed by atoms with E-state index in [-0.39, 0.29) is 30.5 Å². The molecule has 148 valence electrons. The first-order valence-corrected chi connectivity index (χ1v) is 9.98. The van der Waals surface area contributed by atoms with Gasteiger partial charge in [-0.05, 0) is 49.9 Å². The molecule has 2 amide bonds. The highest BCUT2D eigenvalue weighted by Gasteiger charge is 2.35. The van der Waals surface area contributed by atoms with Crippen LogP contribution in [-0.4, -0.2) is 53.5 Å². The third kappa shape index (κ3) is 4.62. The van der Waals surface area contributed by atoms with Gasteiger partial charge >= 0.3 is 0 Å².